The van der Waals surface area contributed by atoms with Crippen molar-refractivity contribution in [2.45, 2.75) is 51.9 Å². The van der Waals surface area contributed by atoms with Gasteiger partial charge in [-0.05, 0) is 38.9 Å². The molecule has 11 nitrogen and oxygen atoms in total. The molecule has 0 radical (unpaired) electrons. The standard InChI is InChI=1S/C19H31N5O4.CH2O2/c1-11(2)15(21-17(26)12(3)20-5)18(27)22-16(13(4)25)19(28)24-23-14-9-7-6-8-10-14;2-1-3/h6-13,15-16,20,23,25H,1-5H3,(H,21,26)(H,22,27)(H,24,28);1H,(H,2,3)/t12-,13?,15-,16-;/m0./s1. The lowest BCUT2D eigenvalue weighted by Gasteiger charge is -2.27. The lowest BCUT2D eigenvalue weighted by Crippen LogP contribution is -2.60. The number of hydrogen-bond acceptors (Lipinski definition) is 7. The van der Waals surface area contributed by atoms with E-state index in [1.807, 2.05) is 6.07 Å². The zero-order chi connectivity index (χ0) is 24.0. The van der Waals surface area contributed by atoms with E-state index >= 15 is 0 Å². The molecule has 0 aliphatic rings. The molecular formula is C20H33N5O6. The van der Waals surface area contributed by atoms with Crippen LogP contribution in [0.1, 0.15) is 27.7 Å². The van der Waals surface area contributed by atoms with Crippen molar-refractivity contribution in [1.82, 2.24) is 21.4 Å². The van der Waals surface area contributed by atoms with Crippen molar-refractivity contribution < 1.29 is 29.4 Å². The van der Waals surface area contributed by atoms with Crippen LogP contribution in [0.15, 0.2) is 30.3 Å². The molecule has 3 amide bonds. The van der Waals surface area contributed by atoms with Gasteiger partial charge in [-0.1, -0.05) is 32.0 Å². The number of carboxylic acid groups (broad SMARTS) is 1. The molecule has 0 aromatic heterocycles. The second-order valence-corrected chi connectivity index (χ2v) is 7.05. The minimum atomic E-state index is -1.19. The Morgan fingerprint density at radius 1 is 0.903 bits per heavy atom. The highest BCUT2D eigenvalue weighted by Crippen LogP contribution is 2.06. The lowest BCUT2D eigenvalue weighted by molar-refractivity contribution is -0.134. The predicted octanol–water partition coefficient (Wildman–Crippen LogP) is -0.555. The van der Waals surface area contributed by atoms with Gasteiger partial charge in [-0.25, -0.2) is 0 Å². The molecule has 31 heavy (non-hydrogen) atoms. The van der Waals surface area contributed by atoms with Gasteiger partial charge in [0.25, 0.3) is 12.4 Å². The zero-order valence-electron chi connectivity index (χ0n) is 18.4. The fraction of sp³-hybridized carbons (Fsp3) is 0.500. The van der Waals surface area contributed by atoms with Gasteiger partial charge in [0.1, 0.15) is 12.1 Å². The van der Waals surface area contributed by atoms with Crippen molar-refractivity contribution in [3.8, 4) is 0 Å². The Labute approximate surface area is 182 Å². The number of rotatable bonds is 10. The van der Waals surface area contributed by atoms with Gasteiger partial charge in [-0.2, -0.15) is 0 Å². The van der Waals surface area contributed by atoms with Gasteiger partial charge in [0.15, 0.2) is 0 Å². The smallest absolute Gasteiger partial charge is 0.290 e. The minimum absolute atomic E-state index is 0.215. The number of nitrogens with one attached hydrogen (secondary N) is 5. The Morgan fingerprint density at radius 2 is 1.42 bits per heavy atom. The van der Waals surface area contributed by atoms with Crippen LogP contribution < -0.4 is 26.8 Å². The molecule has 1 rings (SSSR count). The van der Waals surface area contributed by atoms with Gasteiger partial charge in [-0.15, -0.1) is 0 Å². The first kappa shape index (κ1) is 27.8. The Hall–Kier alpha value is -3.18. The summed E-state index contributed by atoms with van der Waals surface area (Å²) in [5, 5.41) is 24.8. The Balaban J connectivity index is 0.00000282. The highest BCUT2D eigenvalue weighted by molar-refractivity contribution is 5.93. The summed E-state index contributed by atoms with van der Waals surface area (Å²) in [4.78, 5) is 45.6. The lowest BCUT2D eigenvalue weighted by atomic mass is 10.0. The maximum absolute atomic E-state index is 12.7. The third-order valence-electron chi connectivity index (χ3n) is 4.24. The van der Waals surface area contributed by atoms with Crippen LogP contribution in [0, 0.1) is 5.92 Å². The van der Waals surface area contributed by atoms with Crippen molar-refractivity contribution >= 4 is 29.9 Å². The molecule has 7 N–H and O–H groups in total. The molecule has 1 aromatic rings. The van der Waals surface area contributed by atoms with E-state index in [9.17, 15) is 19.5 Å². The van der Waals surface area contributed by atoms with Crippen molar-refractivity contribution in [3.63, 3.8) is 0 Å². The van der Waals surface area contributed by atoms with Crippen LogP contribution in [0.3, 0.4) is 0 Å². The van der Waals surface area contributed by atoms with Gasteiger partial charge in [0, 0.05) is 0 Å². The quantitative estimate of drug-likeness (QED) is 0.188. The molecule has 174 valence electrons. The average Bonchev–Trinajstić information content (AvgIpc) is 2.73. The number of para-hydroxylation sites is 1. The van der Waals surface area contributed by atoms with Crippen LogP contribution >= 0.6 is 0 Å². The number of hydrazine groups is 1. The number of aliphatic hydroxyl groups excluding tert-OH is 1. The summed E-state index contributed by atoms with van der Waals surface area (Å²) >= 11 is 0. The second kappa shape index (κ2) is 14.7. The number of amides is 3. The molecule has 0 saturated heterocycles. The predicted molar refractivity (Wildman–Crippen MR) is 116 cm³/mol. The minimum Gasteiger partial charge on any atom is -0.483 e. The number of benzene rings is 1. The highest BCUT2D eigenvalue weighted by Gasteiger charge is 2.31. The molecule has 11 heteroatoms. The van der Waals surface area contributed by atoms with E-state index in [1.54, 1.807) is 52.1 Å². The van der Waals surface area contributed by atoms with E-state index in [1.165, 1.54) is 6.92 Å². The maximum Gasteiger partial charge on any atom is 0.290 e. The molecule has 4 atom stereocenters. The monoisotopic (exact) mass is 439 g/mol. The molecule has 0 aliphatic heterocycles. The number of likely N-dealkylation sites (N-methyl/N-ethyl adjacent to an activating group) is 1. The van der Waals surface area contributed by atoms with E-state index in [0.717, 1.165) is 0 Å². The van der Waals surface area contributed by atoms with Crippen LogP contribution in [-0.2, 0) is 19.2 Å². The van der Waals surface area contributed by atoms with Crippen LogP contribution in [0.2, 0.25) is 0 Å². The molecule has 0 saturated carbocycles. The van der Waals surface area contributed by atoms with Crippen LogP contribution in [0.4, 0.5) is 5.69 Å². The first-order chi connectivity index (χ1) is 14.6. The summed E-state index contributed by atoms with van der Waals surface area (Å²) in [7, 11) is 1.64. The maximum atomic E-state index is 12.7. The fourth-order valence-electron chi connectivity index (χ4n) is 2.33. The third kappa shape index (κ3) is 10.4. The van der Waals surface area contributed by atoms with Crippen molar-refractivity contribution in [2.75, 3.05) is 12.5 Å². The summed E-state index contributed by atoms with van der Waals surface area (Å²) in [5.74, 6) is -1.70. The van der Waals surface area contributed by atoms with Crippen molar-refractivity contribution in [2.24, 2.45) is 5.92 Å². The fourth-order valence-corrected chi connectivity index (χ4v) is 2.33. The van der Waals surface area contributed by atoms with E-state index in [-0.39, 0.29) is 18.3 Å². The van der Waals surface area contributed by atoms with E-state index < -0.39 is 36.0 Å². The van der Waals surface area contributed by atoms with Gasteiger partial charge >= 0.3 is 0 Å². The Morgan fingerprint density at radius 3 is 1.87 bits per heavy atom. The van der Waals surface area contributed by atoms with Crippen molar-refractivity contribution in [1.29, 1.82) is 0 Å². The molecule has 0 fully saturated rings. The van der Waals surface area contributed by atoms with E-state index in [0.29, 0.717) is 5.69 Å². The number of hydrogen-bond donors (Lipinski definition) is 7. The Kier molecular flexibility index (Phi) is 13.2. The van der Waals surface area contributed by atoms with Crippen molar-refractivity contribution in [3.05, 3.63) is 30.3 Å². The number of aliphatic hydroxyl groups is 1. The number of carbonyl (C=O) groups is 4. The van der Waals surface area contributed by atoms with Gasteiger partial charge in [-0.3, -0.25) is 30.0 Å². The Bertz CT molecular complexity index is 699. The van der Waals surface area contributed by atoms with E-state index in [4.69, 9.17) is 9.90 Å². The first-order valence-corrected chi connectivity index (χ1v) is 9.73. The van der Waals surface area contributed by atoms with Crippen LogP contribution in [-0.4, -0.2) is 65.7 Å². The van der Waals surface area contributed by atoms with Crippen LogP contribution in [0.25, 0.3) is 0 Å². The largest absolute Gasteiger partial charge is 0.483 e. The molecule has 0 spiro atoms. The normalized spacial score (nSPS) is 14.0. The molecule has 0 bridgehead atoms. The molecular weight excluding hydrogens is 406 g/mol. The van der Waals surface area contributed by atoms with Gasteiger partial charge in [0.05, 0.1) is 17.8 Å². The van der Waals surface area contributed by atoms with Gasteiger partial charge < -0.3 is 26.2 Å². The zero-order valence-corrected chi connectivity index (χ0v) is 18.4. The average molecular weight is 440 g/mol. The number of carbonyl (C=O) groups excluding carboxylic acids is 3. The summed E-state index contributed by atoms with van der Waals surface area (Å²) < 4.78 is 0. The van der Waals surface area contributed by atoms with Crippen LogP contribution in [0.5, 0.6) is 0 Å². The summed E-state index contributed by atoms with van der Waals surface area (Å²) in [6.45, 7) is 6.39. The van der Waals surface area contributed by atoms with E-state index in [2.05, 4.69) is 26.8 Å². The molecule has 1 unspecified atom stereocenters. The topological polar surface area (TPSA) is 169 Å². The molecule has 0 aliphatic carbocycles. The summed E-state index contributed by atoms with van der Waals surface area (Å²) in [6.07, 6.45) is -1.14. The third-order valence-corrected chi connectivity index (χ3v) is 4.24. The first-order valence-electron chi connectivity index (χ1n) is 9.73. The SMILES string of the molecule is CN[C@@H](C)C(=O)N[C@H](C(=O)N[C@H](C(=O)NNc1ccccc1)C(C)O)C(C)C.O=CO. The van der Waals surface area contributed by atoms with Gasteiger partial charge in [0.2, 0.25) is 11.8 Å². The molecule has 0 heterocycles. The summed E-state index contributed by atoms with van der Waals surface area (Å²) in [5.41, 5.74) is 5.83. The number of anilines is 1. The second-order valence-electron chi connectivity index (χ2n) is 7.05. The summed E-state index contributed by atoms with van der Waals surface area (Å²) in [6, 6.07) is 6.42. The molecule has 1 aromatic carbocycles. The highest BCUT2D eigenvalue weighted by atomic mass is 16.3.